The van der Waals surface area contributed by atoms with E-state index in [9.17, 15) is 13.5 Å². The van der Waals surface area contributed by atoms with Gasteiger partial charge in [0.15, 0.2) is 5.88 Å². The summed E-state index contributed by atoms with van der Waals surface area (Å²) in [4.78, 5) is 10.6. The summed E-state index contributed by atoms with van der Waals surface area (Å²) in [6, 6.07) is 22.6. The highest BCUT2D eigenvalue weighted by atomic mass is 32.2. The number of aromatic nitrogens is 1. The molecule has 9 heteroatoms. The molecule has 0 spiro atoms. The quantitative estimate of drug-likeness (QED) is 0.252. The second-order valence-electron chi connectivity index (χ2n) is 10.6. The number of sulfonamides is 1. The molecule has 0 radical (unpaired) electrons. The molecular formula is C31H34N4O4S. The predicted octanol–water partition coefficient (Wildman–Crippen LogP) is 4.95. The smallest absolute Gasteiger partial charge is 0.240 e. The number of H-pyrrole nitrogens is 1. The molecule has 3 aromatic carbocycles. The van der Waals surface area contributed by atoms with Crippen LogP contribution in [-0.2, 0) is 21.3 Å². The highest BCUT2D eigenvalue weighted by Gasteiger charge is 2.26. The van der Waals surface area contributed by atoms with Crippen molar-refractivity contribution in [1.82, 2.24) is 14.6 Å². The molecule has 208 valence electrons. The van der Waals surface area contributed by atoms with Gasteiger partial charge in [-0.25, -0.2) is 18.1 Å². The van der Waals surface area contributed by atoms with E-state index in [1.54, 1.807) is 18.2 Å². The summed E-state index contributed by atoms with van der Waals surface area (Å²) < 4.78 is 34.4. The third kappa shape index (κ3) is 6.13. The van der Waals surface area contributed by atoms with E-state index in [-0.39, 0.29) is 10.8 Å². The van der Waals surface area contributed by atoms with E-state index in [1.807, 2.05) is 42.5 Å². The molecule has 3 N–H and O–H groups in total. The maximum absolute atomic E-state index is 13.0. The Labute approximate surface area is 234 Å². The van der Waals surface area contributed by atoms with Crippen LogP contribution in [0.15, 0.2) is 82.7 Å². The molecule has 6 rings (SSSR count). The second kappa shape index (κ2) is 11.5. The number of aromatic amines is 1. The Morgan fingerprint density at radius 1 is 1.02 bits per heavy atom. The molecular weight excluding hydrogens is 524 g/mol. The highest BCUT2D eigenvalue weighted by molar-refractivity contribution is 7.89. The van der Waals surface area contributed by atoms with Crippen molar-refractivity contribution >= 4 is 32.3 Å². The van der Waals surface area contributed by atoms with Gasteiger partial charge in [0.25, 0.3) is 0 Å². The molecule has 2 heterocycles. The lowest BCUT2D eigenvalue weighted by molar-refractivity contribution is 0.140. The number of ether oxygens (including phenoxy) is 1. The van der Waals surface area contributed by atoms with Crippen LogP contribution in [0.5, 0.6) is 5.88 Å². The molecule has 1 saturated heterocycles. The van der Waals surface area contributed by atoms with Crippen molar-refractivity contribution < 1.29 is 18.3 Å². The first-order valence-electron chi connectivity index (χ1n) is 13.8. The summed E-state index contributed by atoms with van der Waals surface area (Å²) in [5, 5.41) is 11.6. The fraction of sp³-hybridized carbons (Fsp3) is 0.323. The summed E-state index contributed by atoms with van der Waals surface area (Å²) in [6.45, 7) is 4.82. The first kappa shape index (κ1) is 26.7. The van der Waals surface area contributed by atoms with Gasteiger partial charge in [0.1, 0.15) is 0 Å². The molecule has 4 aromatic rings. The maximum atomic E-state index is 13.0. The van der Waals surface area contributed by atoms with Crippen LogP contribution in [0.1, 0.15) is 36.0 Å². The molecule has 2 aliphatic rings. The standard InChI is InChI=1S/C31H34N4O4S/c36-31-29(27-19-26(13-14-28(27)34-31)40(37,38)32-20-22-7-8-22)30(24-5-2-1-3-6-24)33-25-11-9-23(10-12-25)21-35-15-4-17-39-18-16-35/h1-3,5-6,9-14,19,22,32,34,36H,4,7-8,15-18,20-21H2. The Kier molecular flexibility index (Phi) is 7.71. The topological polar surface area (TPSA) is 107 Å². The lowest BCUT2D eigenvalue weighted by Gasteiger charge is -2.19. The van der Waals surface area contributed by atoms with E-state index in [2.05, 4.69) is 26.7 Å². The fourth-order valence-corrected chi connectivity index (χ4v) is 6.22. The summed E-state index contributed by atoms with van der Waals surface area (Å²) in [5.41, 5.74) is 4.41. The largest absolute Gasteiger partial charge is 0.494 e. The average Bonchev–Trinajstić information content (AvgIpc) is 3.78. The third-order valence-corrected chi connectivity index (χ3v) is 8.92. The minimum atomic E-state index is -3.68. The summed E-state index contributed by atoms with van der Waals surface area (Å²) in [5.74, 6) is 0.366. The number of hydrogen-bond donors (Lipinski definition) is 3. The summed E-state index contributed by atoms with van der Waals surface area (Å²) >= 11 is 0. The molecule has 8 nitrogen and oxygen atoms in total. The zero-order valence-electron chi connectivity index (χ0n) is 22.3. The lowest BCUT2D eigenvalue weighted by Crippen LogP contribution is -2.25. The van der Waals surface area contributed by atoms with Crippen molar-refractivity contribution in [1.29, 1.82) is 0 Å². The Balaban J connectivity index is 1.36. The molecule has 1 saturated carbocycles. The third-order valence-electron chi connectivity index (χ3n) is 7.50. The number of nitrogens with one attached hydrogen (secondary N) is 2. The maximum Gasteiger partial charge on any atom is 0.240 e. The second-order valence-corrected chi connectivity index (χ2v) is 12.4. The Morgan fingerprint density at radius 2 is 1.82 bits per heavy atom. The Morgan fingerprint density at radius 3 is 2.60 bits per heavy atom. The normalized spacial score (nSPS) is 17.2. The van der Waals surface area contributed by atoms with Crippen LogP contribution in [0.2, 0.25) is 0 Å². The van der Waals surface area contributed by atoms with Gasteiger partial charge >= 0.3 is 0 Å². The van der Waals surface area contributed by atoms with E-state index >= 15 is 0 Å². The van der Waals surface area contributed by atoms with E-state index in [4.69, 9.17) is 9.73 Å². The minimum absolute atomic E-state index is 0.0573. The molecule has 0 unspecified atom stereocenters. The molecule has 0 amide bonds. The van der Waals surface area contributed by atoms with Gasteiger partial charge < -0.3 is 14.8 Å². The van der Waals surface area contributed by atoms with Gasteiger partial charge in [0.2, 0.25) is 10.0 Å². The first-order valence-corrected chi connectivity index (χ1v) is 15.3. The molecule has 0 bridgehead atoms. The Hall–Kier alpha value is -3.50. The van der Waals surface area contributed by atoms with Crippen LogP contribution in [0.3, 0.4) is 0 Å². The van der Waals surface area contributed by atoms with Gasteiger partial charge in [-0.1, -0.05) is 42.5 Å². The molecule has 2 fully saturated rings. The van der Waals surface area contributed by atoms with Gasteiger partial charge in [0.05, 0.1) is 28.5 Å². The number of hydrogen-bond acceptors (Lipinski definition) is 6. The zero-order chi connectivity index (χ0) is 27.5. The summed E-state index contributed by atoms with van der Waals surface area (Å²) in [6.07, 6.45) is 3.15. The van der Waals surface area contributed by atoms with Gasteiger partial charge in [-0.05, 0) is 61.1 Å². The monoisotopic (exact) mass is 558 g/mol. The Bertz CT molecular complexity index is 1600. The van der Waals surface area contributed by atoms with Crippen LogP contribution in [-0.4, -0.2) is 62.0 Å². The van der Waals surface area contributed by atoms with Crippen molar-refractivity contribution in [2.45, 2.75) is 30.7 Å². The molecule has 0 atom stereocenters. The van der Waals surface area contributed by atoms with Crippen LogP contribution >= 0.6 is 0 Å². The van der Waals surface area contributed by atoms with E-state index in [1.165, 1.54) is 5.56 Å². The van der Waals surface area contributed by atoms with Crippen LogP contribution < -0.4 is 4.72 Å². The SMILES string of the molecule is O=S(=O)(NCC1CC1)c1ccc2[nH]c(O)c(C(=Nc3ccc(CN4CCCOCC4)cc3)c3ccccc3)c2c1. The van der Waals surface area contributed by atoms with Crippen LogP contribution in [0.25, 0.3) is 10.9 Å². The van der Waals surface area contributed by atoms with Crippen molar-refractivity contribution in [3.63, 3.8) is 0 Å². The van der Waals surface area contributed by atoms with Gasteiger partial charge in [0, 0.05) is 49.3 Å². The lowest BCUT2D eigenvalue weighted by atomic mass is 10.0. The van der Waals surface area contributed by atoms with Gasteiger partial charge in [-0.3, -0.25) is 4.90 Å². The number of aromatic hydroxyl groups is 1. The summed E-state index contributed by atoms with van der Waals surface area (Å²) in [7, 11) is -3.68. The molecule has 1 aromatic heterocycles. The number of benzene rings is 3. The van der Waals surface area contributed by atoms with Crippen molar-refractivity contribution in [2.75, 3.05) is 32.8 Å². The average molecular weight is 559 g/mol. The number of fused-ring (bicyclic) bond motifs is 1. The predicted molar refractivity (Wildman–Crippen MR) is 157 cm³/mol. The van der Waals surface area contributed by atoms with Gasteiger partial charge in [-0.2, -0.15) is 0 Å². The van der Waals surface area contributed by atoms with Crippen molar-refractivity contribution in [3.8, 4) is 5.88 Å². The zero-order valence-corrected chi connectivity index (χ0v) is 23.2. The molecule has 1 aliphatic heterocycles. The van der Waals surface area contributed by atoms with Crippen LogP contribution in [0, 0.1) is 5.92 Å². The van der Waals surface area contributed by atoms with E-state index in [0.29, 0.717) is 34.6 Å². The fourth-order valence-electron chi connectivity index (χ4n) is 5.08. The molecule has 40 heavy (non-hydrogen) atoms. The number of rotatable bonds is 9. The van der Waals surface area contributed by atoms with Crippen LogP contribution in [0.4, 0.5) is 5.69 Å². The van der Waals surface area contributed by atoms with E-state index < -0.39 is 10.0 Å². The minimum Gasteiger partial charge on any atom is -0.494 e. The van der Waals surface area contributed by atoms with Crippen molar-refractivity contribution in [2.24, 2.45) is 10.9 Å². The first-order chi connectivity index (χ1) is 19.5. The van der Waals surface area contributed by atoms with Gasteiger partial charge in [-0.15, -0.1) is 0 Å². The number of nitrogens with zero attached hydrogens (tertiary/aromatic N) is 2. The van der Waals surface area contributed by atoms with E-state index in [0.717, 1.165) is 63.4 Å². The van der Waals surface area contributed by atoms with Crippen molar-refractivity contribution in [3.05, 3.63) is 89.5 Å². The molecule has 1 aliphatic carbocycles. The number of aliphatic imine (C=N–C) groups is 1. The highest BCUT2D eigenvalue weighted by Crippen LogP contribution is 2.33.